The van der Waals surface area contributed by atoms with Gasteiger partial charge < -0.3 is 19.7 Å². The van der Waals surface area contributed by atoms with E-state index in [1.165, 1.54) is 6.07 Å². The van der Waals surface area contributed by atoms with Gasteiger partial charge in [0.25, 0.3) is 5.69 Å². The molecule has 0 fully saturated rings. The van der Waals surface area contributed by atoms with E-state index in [9.17, 15) is 14.7 Å². The lowest BCUT2D eigenvalue weighted by Crippen LogP contribution is -2.35. The number of rotatable bonds is 11. The van der Waals surface area contributed by atoms with Crippen LogP contribution in [0.4, 0.5) is 5.69 Å². The molecule has 0 bridgehead atoms. The Kier molecular flexibility index (Phi) is 8.59. The Labute approximate surface area is 172 Å². The van der Waals surface area contributed by atoms with Gasteiger partial charge in [-0.05, 0) is 32.8 Å². The van der Waals surface area contributed by atoms with Gasteiger partial charge in [-0.1, -0.05) is 24.3 Å². The molecular weight excluding hydrogens is 393 g/mol. The van der Waals surface area contributed by atoms with Crippen LogP contribution in [0, 0.1) is 10.1 Å². The van der Waals surface area contributed by atoms with E-state index < -0.39 is 12.5 Å². The highest BCUT2D eigenvalue weighted by Gasteiger charge is 2.27. The highest BCUT2D eigenvalue weighted by molar-refractivity contribution is 7.53. The molecule has 160 valence electrons. The van der Waals surface area contributed by atoms with Crippen molar-refractivity contribution < 1.29 is 18.5 Å². The molecule has 0 saturated heterocycles. The molecule has 1 heterocycles. The fourth-order valence-electron chi connectivity index (χ4n) is 3.30. The molecule has 0 spiro atoms. The number of nitro benzene ring substituents is 1. The third-order valence-corrected chi connectivity index (χ3v) is 6.82. The van der Waals surface area contributed by atoms with Gasteiger partial charge in [0.2, 0.25) is 0 Å². The summed E-state index contributed by atoms with van der Waals surface area (Å²) in [5, 5.41) is 11.1. The first-order valence-corrected chi connectivity index (χ1v) is 11.6. The minimum atomic E-state index is -3.16. The number of nitrogens with zero attached hydrogens (tertiary/aromatic N) is 2. The Balaban J connectivity index is 2.20. The lowest BCUT2D eigenvalue weighted by Gasteiger charge is -2.32. The summed E-state index contributed by atoms with van der Waals surface area (Å²) in [6, 6.07) is 6.23. The van der Waals surface area contributed by atoms with Crippen molar-refractivity contribution in [2.24, 2.45) is 5.73 Å². The largest absolute Gasteiger partial charge is 0.351 e. The second-order valence-corrected chi connectivity index (χ2v) is 8.85. The van der Waals surface area contributed by atoms with E-state index in [0.717, 1.165) is 17.8 Å². The zero-order valence-electron chi connectivity index (χ0n) is 17.2. The number of nitrogens with two attached hydrogens (primary N) is 1. The van der Waals surface area contributed by atoms with Gasteiger partial charge in [0.1, 0.15) is 0 Å². The SMILES string of the molecule is CCOP(=O)(CCC(N)C1=CC(c2cccc([N+](=O)[O-])c2)C=CN1CC)OCC. The minimum Gasteiger partial charge on any atom is -0.351 e. The Morgan fingerprint density at radius 2 is 1.97 bits per heavy atom. The van der Waals surface area contributed by atoms with E-state index in [1.54, 1.807) is 26.0 Å². The third-order valence-electron chi connectivity index (χ3n) is 4.71. The molecule has 0 amide bonds. The predicted molar refractivity (Wildman–Crippen MR) is 114 cm³/mol. The number of nitro groups is 1. The average Bonchev–Trinajstić information content (AvgIpc) is 2.72. The molecule has 1 aliphatic rings. The van der Waals surface area contributed by atoms with Gasteiger partial charge in [-0.3, -0.25) is 14.7 Å². The van der Waals surface area contributed by atoms with Crippen LogP contribution >= 0.6 is 7.60 Å². The van der Waals surface area contributed by atoms with Gasteiger partial charge in [-0.15, -0.1) is 0 Å². The maximum atomic E-state index is 12.7. The van der Waals surface area contributed by atoms with Crippen molar-refractivity contribution in [1.82, 2.24) is 4.90 Å². The van der Waals surface area contributed by atoms with E-state index in [1.807, 2.05) is 36.2 Å². The Morgan fingerprint density at radius 3 is 2.55 bits per heavy atom. The van der Waals surface area contributed by atoms with Gasteiger partial charge >= 0.3 is 7.60 Å². The van der Waals surface area contributed by atoms with Crippen LogP contribution in [0.15, 0.2) is 48.3 Å². The zero-order chi connectivity index (χ0) is 21.4. The normalized spacial score (nSPS) is 17.9. The first-order chi connectivity index (χ1) is 13.8. The van der Waals surface area contributed by atoms with Gasteiger partial charge in [-0.25, -0.2) is 0 Å². The number of allylic oxidation sites excluding steroid dienone is 2. The zero-order valence-corrected chi connectivity index (χ0v) is 18.1. The molecule has 9 heteroatoms. The Hall–Kier alpha value is -1.99. The molecular formula is C20H30N3O5P. The van der Waals surface area contributed by atoms with E-state index in [-0.39, 0.29) is 23.8 Å². The molecule has 0 aliphatic carbocycles. The summed E-state index contributed by atoms with van der Waals surface area (Å²) in [7, 11) is -3.16. The third kappa shape index (κ3) is 6.24. The lowest BCUT2D eigenvalue weighted by molar-refractivity contribution is -0.384. The minimum absolute atomic E-state index is 0.0578. The van der Waals surface area contributed by atoms with Crippen LogP contribution in [0.5, 0.6) is 0 Å². The van der Waals surface area contributed by atoms with Crippen LogP contribution in [0.3, 0.4) is 0 Å². The second kappa shape index (κ2) is 10.7. The Morgan fingerprint density at radius 1 is 1.28 bits per heavy atom. The first-order valence-electron chi connectivity index (χ1n) is 9.88. The van der Waals surface area contributed by atoms with E-state index in [2.05, 4.69) is 0 Å². The number of hydrogen-bond acceptors (Lipinski definition) is 7. The van der Waals surface area contributed by atoms with Crippen LogP contribution in [0.2, 0.25) is 0 Å². The second-order valence-electron chi connectivity index (χ2n) is 6.66. The van der Waals surface area contributed by atoms with Crippen LogP contribution < -0.4 is 5.73 Å². The van der Waals surface area contributed by atoms with Crippen molar-refractivity contribution in [1.29, 1.82) is 0 Å². The van der Waals surface area contributed by atoms with Crippen molar-refractivity contribution in [3.63, 3.8) is 0 Å². The molecule has 2 atom stereocenters. The molecule has 1 aromatic carbocycles. The van der Waals surface area contributed by atoms with Gasteiger partial charge in [0.05, 0.1) is 24.3 Å². The molecule has 0 aromatic heterocycles. The highest BCUT2D eigenvalue weighted by atomic mass is 31.2. The number of hydrogen-bond donors (Lipinski definition) is 1. The van der Waals surface area contributed by atoms with Crippen LogP contribution in [0.25, 0.3) is 0 Å². The van der Waals surface area contributed by atoms with Crippen LogP contribution in [0.1, 0.15) is 38.7 Å². The highest BCUT2D eigenvalue weighted by Crippen LogP contribution is 2.49. The summed E-state index contributed by atoms with van der Waals surface area (Å²) in [4.78, 5) is 12.7. The van der Waals surface area contributed by atoms with Crippen LogP contribution in [-0.2, 0) is 13.6 Å². The molecule has 2 rings (SSSR count). The van der Waals surface area contributed by atoms with E-state index in [4.69, 9.17) is 14.8 Å². The Bertz CT molecular complexity index is 801. The molecule has 29 heavy (non-hydrogen) atoms. The standard InChI is InChI=1S/C20H30N3O5P/c1-4-22-12-10-17(16-8-7-9-18(14-16)23(24)25)15-20(22)19(21)11-13-29(26,27-5-2)28-6-3/h7-10,12,14-15,17,19H,4-6,11,13,21H2,1-3H3. The lowest BCUT2D eigenvalue weighted by atomic mass is 9.93. The summed E-state index contributed by atoms with van der Waals surface area (Å²) in [6.07, 6.45) is 6.62. The van der Waals surface area contributed by atoms with Crippen molar-refractivity contribution in [2.75, 3.05) is 25.9 Å². The topological polar surface area (TPSA) is 108 Å². The van der Waals surface area contributed by atoms with Crippen LogP contribution in [-0.4, -0.2) is 41.8 Å². The van der Waals surface area contributed by atoms with Crippen molar-refractivity contribution in [2.45, 2.75) is 39.2 Å². The number of non-ortho nitro benzene ring substituents is 1. The van der Waals surface area contributed by atoms with E-state index >= 15 is 0 Å². The summed E-state index contributed by atoms with van der Waals surface area (Å²) in [6.45, 7) is 6.93. The van der Waals surface area contributed by atoms with Gasteiger partial charge in [0.15, 0.2) is 0 Å². The predicted octanol–water partition coefficient (Wildman–Crippen LogP) is 4.40. The first kappa shape index (κ1) is 23.3. The van der Waals surface area contributed by atoms with Crippen molar-refractivity contribution >= 4 is 13.3 Å². The molecule has 2 N–H and O–H groups in total. The fraction of sp³-hybridized carbons (Fsp3) is 0.500. The number of likely N-dealkylation sites (N-methyl/N-ethyl adjacent to an activating group) is 1. The molecule has 1 aromatic rings. The van der Waals surface area contributed by atoms with Crippen molar-refractivity contribution in [3.8, 4) is 0 Å². The van der Waals surface area contributed by atoms with E-state index in [0.29, 0.717) is 19.6 Å². The molecule has 1 aliphatic heterocycles. The van der Waals surface area contributed by atoms with Gasteiger partial charge in [0, 0.05) is 42.5 Å². The molecule has 8 nitrogen and oxygen atoms in total. The van der Waals surface area contributed by atoms with Crippen molar-refractivity contribution in [3.05, 3.63) is 64.0 Å². The maximum Gasteiger partial charge on any atom is 0.330 e. The summed E-state index contributed by atoms with van der Waals surface area (Å²) in [5.41, 5.74) is 8.22. The quantitative estimate of drug-likeness (QED) is 0.319. The maximum absolute atomic E-state index is 12.7. The number of benzene rings is 1. The monoisotopic (exact) mass is 423 g/mol. The fourth-order valence-corrected chi connectivity index (χ4v) is 5.01. The summed E-state index contributed by atoms with van der Waals surface area (Å²) >= 11 is 0. The molecule has 2 unspecified atom stereocenters. The smallest absolute Gasteiger partial charge is 0.330 e. The van der Waals surface area contributed by atoms with Gasteiger partial charge in [-0.2, -0.15) is 0 Å². The molecule has 0 saturated carbocycles. The summed E-state index contributed by atoms with van der Waals surface area (Å²) in [5.74, 6) is -0.121. The molecule has 0 radical (unpaired) electrons. The summed E-state index contributed by atoms with van der Waals surface area (Å²) < 4.78 is 23.4. The average molecular weight is 423 g/mol.